The molecule has 0 bridgehead atoms. The van der Waals surface area contributed by atoms with Crippen LogP contribution in [0.3, 0.4) is 0 Å². The Labute approximate surface area is 116 Å². The van der Waals surface area contributed by atoms with Gasteiger partial charge in [0.2, 0.25) is 0 Å². The highest BCUT2D eigenvalue weighted by molar-refractivity contribution is 7.93. The maximum absolute atomic E-state index is 12.3. The molecule has 2 aromatic rings. The fraction of sp³-hybridized carbons (Fsp3) is 0.0833. The van der Waals surface area contributed by atoms with E-state index < -0.39 is 10.0 Å². The van der Waals surface area contributed by atoms with Crippen molar-refractivity contribution < 1.29 is 8.42 Å². The number of sulfonamides is 1. The number of pyridine rings is 1. The average Bonchev–Trinajstić information content (AvgIpc) is 2.31. The summed E-state index contributed by atoms with van der Waals surface area (Å²) in [5.41, 5.74) is 6.70. The minimum atomic E-state index is -3.80. The van der Waals surface area contributed by atoms with E-state index in [1.54, 1.807) is 25.1 Å². The number of halogens is 1. The summed E-state index contributed by atoms with van der Waals surface area (Å²) >= 11 is 5.83. The summed E-state index contributed by atoms with van der Waals surface area (Å²) in [5.74, 6) is 0. The SMILES string of the molecule is Cc1cccc(N)c1S(=O)(=O)Nc1cccnc1Cl. The first-order chi connectivity index (χ1) is 8.92. The van der Waals surface area contributed by atoms with Gasteiger partial charge in [0.05, 0.1) is 11.4 Å². The van der Waals surface area contributed by atoms with Gasteiger partial charge in [0.1, 0.15) is 4.90 Å². The van der Waals surface area contributed by atoms with E-state index in [9.17, 15) is 8.42 Å². The van der Waals surface area contributed by atoms with Crippen molar-refractivity contribution in [3.8, 4) is 0 Å². The third-order valence-electron chi connectivity index (χ3n) is 2.51. The molecule has 0 unspecified atom stereocenters. The largest absolute Gasteiger partial charge is 0.398 e. The van der Waals surface area contributed by atoms with E-state index in [2.05, 4.69) is 9.71 Å². The Bertz CT molecular complexity index is 696. The van der Waals surface area contributed by atoms with Gasteiger partial charge in [-0.1, -0.05) is 23.7 Å². The molecular weight excluding hydrogens is 286 g/mol. The summed E-state index contributed by atoms with van der Waals surface area (Å²) in [6, 6.07) is 8.02. The number of aromatic nitrogens is 1. The van der Waals surface area contributed by atoms with Gasteiger partial charge in [-0.15, -0.1) is 0 Å². The zero-order valence-electron chi connectivity index (χ0n) is 10.1. The first-order valence-electron chi connectivity index (χ1n) is 5.40. The van der Waals surface area contributed by atoms with Crippen LogP contribution in [0.4, 0.5) is 11.4 Å². The van der Waals surface area contributed by atoms with E-state index in [1.807, 2.05) is 0 Å². The van der Waals surface area contributed by atoms with Crippen LogP contribution >= 0.6 is 11.6 Å². The second kappa shape index (κ2) is 5.07. The van der Waals surface area contributed by atoms with Crippen molar-refractivity contribution in [1.29, 1.82) is 0 Å². The molecular formula is C12H12ClN3O2S. The Morgan fingerprint density at radius 3 is 2.63 bits per heavy atom. The third-order valence-corrected chi connectivity index (χ3v) is 4.40. The van der Waals surface area contributed by atoms with Crippen LogP contribution in [0.2, 0.25) is 5.15 Å². The van der Waals surface area contributed by atoms with Crippen LogP contribution in [0.25, 0.3) is 0 Å². The molecule has 0 saturated carbocycles. The minimum absolute atomic E-state index is 0.0509. The molecule has 0 saturated heterocycles. The van der Waals surface area contributed by atoms with Crippen LogP contribution < -0.4 is 10.5 Å². The topological polar surface area (TPSA) is 85.1 Å². The highest BCUT2D eigenvalue weighted by atomic mass is 35.5. The van der Waals surface area contributed by atoms with Gasteiger partial charge in [-0.25, -0.2) is 13.4 Å². The summed E-state index contributed by atoms with van der Waals surface area (Å²) < 4.78 is 27.0. The second-order valence-corrected chi connectivity index (χ2v) is 5.92. The molecule has 7 heteroatoms. The van der Waals surface area contributed by atoms with Crippen molar-refractivity contribution in [3.63, 3.8) is 0 Å². The highest BCUT2D eigenvalue weighted by Crippen LogP contribution is 2.27. The van der Waals surface area contributed by atoms with Crippen molar-refractivity contribution in [2.75, 3.05) is 10.5 Å². The molecule has 0 aliphatic rings. The molecule has 3 N–H and O–H groups in total. The molecule has 0 fully saturated rings. The molecule has 0 spiro atoms. The maximum Gasteiger partial charge on any atom is 0.264 e. The number of nitrogen functional groups attached to an aromatic ring is 1. The fourth-order valence-corrected chi connectivity index (χ4v) is 3.35. The van der Waals surface area contributed by atoms with E-state index in [4.69, 9.17) is 17.3 Å². The monoisotopic (exact) mass is 297 g/mol. The number of nitrogens with zero attached hydrogens (tertiary/aromatic N) is 1. The lowest BCUT2D eigenvalue weighted by Gasteiger charge is -2.12. The van der Waals surface area contributed by atoms with Gasteiger partial charge in [-0.2, -0.15) is 0 Å². The molecule has 0 radical (unpaired) electrons. The zero-order chi connectivity index (χ0) is 14.0. The van der Waals surface area contributed by atoms with Crippen molar-refractivity contribution in [1.82, 2.24) is 4.98 Å². The molecule has 2 rings (SSSR count). The number of benzene rings is 1. The minimum Gasteiger partial charge on any atom is -0.398 e. The molecule has 0 amide bonds. The van der Waals surface area contributed by atoms with Gasteiger partial charge in [-0.05, 0) is 30.7 Å². The summed E-state index contributed by atoms with van der Waals surface area (Å²) in [6.07, 6.45) is 1.47. The maximum atomic E-state index is 12.3. The van der Waals surface area contributed by atoms with E-state index in [-0.39, 0.29) is 21.4 Å². The molecule has 100 valence electrons. The van der Waals surface area contributed by atoms with Crippen molar-refractivity contribution >= 4 is 33.0 Å². The van der Waals surface area contributed by atoms with E-state index in [1.165, 1.54) is 18.3 Å². The lowest BCUT2D eigenvalue weighted by molar-refractivity contribution is 0.601. The van der Waals surface area contributed by atoms with Crippen molar-refractivity contribution in [3.05, 3.63) is 47.2 Å². The van der Waals surface area contributed by atoms with E-state index in [0.717, 1.165) is 0 Å². The van der Waals surface area contributed by atoms with Crippen molar-refractivity contribution in [2.24, 2.45) is 0 Å². The fourth-order valence-electron chi connectivity index (χ4n) is 1.70. The molecule has 0 aliphatic carbocycles. The van der Waals surface area contributed by atoms with Crippen LogP contribution in [-0.4, -0.2) is 13.4 Å². The third kappa shape index (κ3) is 2.80. The smallest absolute Gasteiger partial charge is 0.264 e. The van der Waals surface area contributed by atoms with Crippen LogP contribution in [-0.2, 0) is 10.0 Å². The lowest BCUT2D eigenvalue weighted by atomic mass is 10.2. The second-order valence-electron chi connectivity index (χ2n) is 3.94. The molecule has 0 aliphatic heterocycles. The van der Waals surface area contributed by atoms with Gasteiger partial charge < -0.3 is 5.73 Å². The van der Waals surface area contributed by atoms with E-state index in [0.29, 0.717) is 5.56 Å². The normalized spacial score (nSPS) is 11.3. The molecule has 0 atom stereocenters. The first-order valence-corrected chi connectivity index (χ1v) is 7.26. The van der Waals surface area contributed by atoms with Gasteiger partial charge in [-0.3, -0.25) is 4.72 Å². The Kier molecular flexibility index (Phi) is 3.64. The Morgan fingerprint density at radius 1 is 1.26 bits per heavy atom. The predicted octanol–water partition coefficient (Wildman–Crippen LogP) is 2.43. The molecule has 1 heterocycles. The predicted molar refractivity (Wildman–Crippen MR) is 75.6 cm³/mol. The zero-order valence-corrected chi connectivity index (χ0v) is 11.7. The summed E-state index contributed by atoms with van der Waals surface area (Å²) in [6.45, 7) is 1.68. The van der Waals surface area contributed by atoms with Gasteiger partial charge in [0.15, 0.2) is 5.15 Å². The van der Waals surface area contributed by atoms with Gasteiger partial charge >= 0.3 is 0 Å². The average molecular weight is 298 g/mol. The molecule has 5 nitrogen and oxygen atoms in total. The van der Waals surface area contributed by atoms with E-state index >= 15 is 0 Å². The molecule has 1 aromatic carbocycles. The number of hydrogen-bond acceptors (Lipinski definition) is 4. The number of aryl methyl sites for hydroxylation is 1. The van der Waals surface area contributed by atoms with Crippen LogP contribution in [0.15, 0.2) is 41.4 Å². The Morgan fingerprint density at radius 2 is 2.00 bits per heavy atom. The number of nitrogens with two attached hydrogens (primary N) is 1. The van der Waals surface area contributed by atoms with Crippen LogP contribution in [0.5, 0.6) is 0 Å². The summed E-state index contributed by atoms with van der Waals surface area (Å²) in [4.78, 5) is 3.86. The quantitative estimate of drug-likeness (QED) is 0.673. The Balaban J connectivity index is 2.47. The van der Waals surface area contributed by atoms with Gasteiger partial charge in [0.25, 0.3) is 10.0 Å². The highest BCUT2D eigenvalue weighted by Gasteiger charge is 2.21. The lowest BCUT2D eigenvalue weighted by Crippen LogP contribution is -2.16. The number of rotatable bonds is 3. The Hall–Kier alpha value is -1.79. The van der Waals surface area contributed by atoms with Crippen LogP contribution in [0, 0.1) is 6.92 Å². The van der Waals surface area contributed by atoms with Gasteiger partial charge in [0, 0.05) is 6.20 Å². The van der Waals surface area contributed by atoms with Crippen molar-refractivity contribution in [2.45, 2.75) is 11.8 Å². The summed E-state index contributed by atoms with van der Waals surface area (Å²) in [5, 5.41) is 0.0817. The number of anilines is 2. The molecule has 19 heavy (non-hydrogen) atoms. The van der Waals surface area contributed by atoms with Crippen LogP contribution in [0.1, 0.15) is 5.56 Å². The number of hydrogen-bond donors (Lipinski definition) is 2. The standard InChI is InChI=1S/C12H12ClN3O2S/c1-8-4-2-5-9(14)11(8)19(17,18)16-10-6-3-7-15-12(10)13/h2-7,16H,14H2,1H3. The molecule has 1 aromatic heterocycles. The number of nitrogens with one attached hydrogen (secondary N) is 1. The summed E-state index contributed by atoms with van der Waals surface area (Å²) in [7, 11) is -3.80. The first kappa shape index (κ1) is 13.6.